The first kappa shape index (κ1) is 18.1. The van der Waals surface area contributed by atoms with Crippen LogP contribution in [0.15, 0.2) is 47.4 Å². The van der Waals surface area contributed by atoms with Gasteiger partial charge in [0.25, 0.3) is 10.0 Å². The number of amides is 1. The minimum absolute atomic E-state index is 0.192. The van der Waals surface area contributed by atoms with Crippen LogP contribution in [-0.4, -0.2) is 35.3 Å². The number of aryl methyl sites for hydroxylation is 1. The Morgan fingerprint density at radius 1 is 1.12 bits per heavy atom. The van der Waals surface area contributed by atoms with E-state index in [0.29, 0.717) is 23.7 Å². The number of nitrogens with zero attached hydrogens (tertiary/aromatic N) is 1. The smallest absolute Gasteiger partial charge is 0.411 e. The van der Waals surface area contributed by atoms with E-state index in [2.05, 4.69) is 10.1 Å². The third kappa shape index (κ3) is 3.45. The Bertz CT molecular complexity index is 910. The average molecular weight is 376 g/mol. The molecule has 0 radical (unpaired) electrons. The van der Waals surface area contributed by atoms with Crippen molar-refractivity contribution in [3.8, 4) is 5.75 Å². The number of anilines is 2. The van der Waals surface area contributed by atoms with Crippen molar-refractivity contribution in [2.75, 3.05) is 30.4 Å². The van der Waals surface area contributed by atoms with Crippen LogP contribution in [0.2, 0.25) is 0 Å². The lowest BCUT2D eigenvalue weighted by Crippen LogP contribution is -2.35. The molecule has 7 nitrogen and oxygen atoms in total. The van der Waals surface area contributed by atoms with Gasteiger partial charge >= 0.3 is 6.09 Å². The molecule has 26 heavy (non-hydrogen) atoms. The molecule has 0 atom stereocenters. The SMILES string of the molecule is COC(=O)Nc1ccc2c(c1)N(S(=O)(=O)c1ccc(OC)cc1)CCC2. The van der Waals surface area contributed by atoms with Crippen LogP contribution in [-0.2, 0) is 21.2 Å². The summed E-state index contributed by atoms with van der Waals surface area (Å²) in [7, 11) is -0.917. The normalized spacial score (nSPS) is 13.7. The van der Waals surface area contributed by atoms with E-state index in [4.69, 9.17) is 4.74 Å². The first-order chi connectivity index (χ1) is 12.5. The van der Waals surface area contributed by atoms with Crippen LogP contribution in [0, 0.1) is 0 Å². The Kier molecular flexibility index (Phi) is 5.03. The van der Waals surface area contributed by atoms with Crippen molar-refractivity contribution in [3.05, 3.63) is 48.0 Å². The summed E-state index contributed by atoms with van der Waals surface area (Å²) in [5.41, 5.74) is 1.97. The molecule has 2 aromatic carbocycles. The summed E-state index contributed by atoms with van der Waals surface area (Å²) in [6.07, 6.45) is 0.902. The summed E-state index contributed by atoms with van der Waals surface area (Å²) in [5, 5.41) is 2.57. The topological polar surface area (TPSA) is 84.9 Å². The van der Waals surface area contributed by atoms with Gasteiger partial charge in [0.15, 0.2) is 0 Å². The monoisotopic (exact) mass is 376 g/mol. The zero-order valence-corrected chi connectivity index (χ0v) is 15.4. The van der Waals surface area contributed by atoms with E-state index < -0.39 is 16.1 Å². The van der Waals surface area contributed by atoms with E-state index in [1.807, 2.05) is 6.07 Å². The first-order valence-corrected chi connectivity index (χ1v) is 9.54. The van der Waals surface area contributed by atoms with E-state index in [1.165, 1.54) is 30.7 Å². The maximum Gasteiger partial charge on any atom is 0.411 e. The molecule has 1 heterocycles. The zero-order valence-electron chi connectivity index (χ0n) is 14.6. The van der Waals surface area contributed by atoms with Gasteiger partial charge in [-0.3, -0.25) is 9.62 Å². The van der Waals surface area contributed by atoms with E-state index >= 15 is 0 Å². The Hall–Kier alpha value is -2.74. The van der Waals surface area contributed by atoms with Crippen LogP contribution in [0.3, 0.4) is 0 Å². The van der Waals surface area contributed by atoms with Crippen LogP contribution in [0.4, 0.5) is 16.2 Å². The van der Waals surface area contributed by atoms with Gasteiger partial charge in [-0.15, -0.1) is 0 Å². The van der Waals surface area contributed by atoms with E-state index in [1.54, 1.807) is 24.3 Å². The van der Waals surface area contributed by atoms with Crippen molar-refractivity contribution < 1.29 is 22.7 Å². The van der Waals surface area contributed by atoms with Crippen LogP contribution >= 0.6 is 0 Å². The molecule has 0 spiro atoms. The standard InChI is InChI=1S/C18H20N2O5S/c1-24-15-7-9-16(10-8-15)26(22,23)20-11-3-4-13-5-6-14(12-17(13)20)19-18(21)25-2/h5-10,12H,3-4,11H2,1-2H3,(H,19,21). The highest BCUT2D eigenvalue weighted by Crippen LogP contribution is 2.34. The van der Waals surface area contributed by atoms with Crippen LogP contribution in [0.5, 0.6) is 5.75 Å². The van der Waals surface area contributed by atoms with E-state index in [0.717, 1.165) is 18.4 Å². The van der Waals surface area contributed by atoms with Gasteiger partial charge in [0.1, 0.15) is 5.75 Å². The summed E-state index contributed by atoms with van der Waals surface area (Å²) in [4.78, 5) is 11.6. The van der Waals surface area contributed by atoms with Crippen molar-refractivity contribution in [1.82, 2.24) is 0 Å². The molecule has 0 saturated carbocycles. The molecule has 1 aliphatic heterocycles. The Balaban J connectivity index is 1.98. The van der Waals surface area contributed by atoms with Crippen LogP contribution in [0.25, 0.3) is 0 Å². The van der Waals surface area contributed by atoms with Gasteiger partial charge < -0.3 is 9.47 Å². The largest absolute Gasteiger partial charge is 0.497 e. The molecule has 1 N–H and O–H groups in total. The Morgan fingerprint density at radius 2 is 1.85 bits per heavy atom. The lowest BCUT2D eigenvalue weighted by atomic mass is 10.0. The van der Waals surface area contributed by atoms with Gasteiger partial charge in [-0.2, -0.15) is 0 Å². The fourth-order valence-electron chi connectivity index (χ4n) is 2.91. The number of methoxy groups -OCH3 is 2. The lowest BCUT2D eigenvalue weighted by molar-refractivity contribution is 0.187. The van der Waals surface area contributed by atoms with E-state index in [9.17, 15) is 13.2 Å². The molecule has 138 valence electrons. The number of rotatable bonds is 4. The fraction of sp³-hybridized carbons (Fsp3) is 0.278. The number of carbonyl (C=O) groups excluding carboxylic acids is 1. The van der Waals surface area contributed by atoms with Crippen molar-refractivity contribution in [1.29, 1.82) is 0 Å². The summed E-state index contributed by atoms with van der Waals surface area (Å²) in [6.45, 7) is 0.378. The summed E-state index contributed by atoms with van der Waals surface area (Å²) < 4.78 is 37.3. The first-order valence-electron chi connectivity index (χ1n) is 8.10. The number of nitrogens with one attached hydrogen (secondary N) is 1. The molecule has 3 rings (SSSR count). The predicted molar refractivity (Wildman–Crippen MR) is 98.3 cm³/mol. The van der Waals surface area contributed by atoms with E-state index in [-0.39, 0.29) is 4.90 Å². The second kappa shape index (κ2) is 7.25. The molecule has 0 aliphatic carbocycles. The summed E-state index contributed by atoms with van der Waals surface area (Å²) >= 11 is 0. The van der Waals surface area contributed by atoms with Crippen molar-refractivity contribution in [3.63, 3.8) is 0 Å². The fourth-order valence-corrected chi connectivity index (χ4v) is 4.45. The molecule has 0 bridgehead atoms. The summed E-state index contributed by atoms with van der Waals surface area (Å²) in [6, 6.07) is 11.5. The number of hydrogen-bond acceptors (Lipinski definition) is 5. The van der Waals surface area contributed by atoms with Crippen LogP contribution in [0.1, 0.15) is 12.0 Å². The molecule has 0 fully saturated rings. The highest BCUT2D eigenvalue weighted by Gasteiger charge is 2.29. The third-order valence-electron chi connectivity index (χ3n) is 4.24. The predicted octanol–water partition coefficient (Wildman–Crippen LogP) is 3.02. The molecule has 0 saturated heterocycles. The third-order valence-corrected chi connectivity index (χ3v) is 6.07. The number of fused-ring (bicyclic) bond motifs is 1. The lowest BCUT2D eigenvalue weighted by Gasteiger charge is -2.31. The second-order valence-corrected chi connectivity index (χ2v) is 7.68. The van der Waals surface area contributed by atoms with Gasteiger partial charge in [-0.05, 0) is 54.8 Å². The van der Waals surface area contributed by atoms with Gasteiger partial charge in [-0.1, -0.05) is 6.07 Å². The molecule has 0 unspecified atom stereocenters. The quantitative estimate of drug-likeness (QED) is 0.887. The van der Waals surface area contributed by atoms with Gasteiger partial charge in [0.05, 0.1) is 24.8 Å². The molecule has 2 aromatic rings. The highest BCUT2D eigenvalue weighted by atomic mass is 32.2. The molecular weight excluding hydrogens is 356 g/mol. The molecule has 8 heteroatoms. The molecule has 0 aromatic heterocycles. The summed E-state index contributed by atoms with van der Waals surface area (Å²) in [5.74, 6) is 0.590. The highest BCUT2D eigenvalue weighted by molar-refractivity contribution is 7.92. The van der Waals surface area contributed by atoms with Gasteiger partial charge in [0.2, 0.25) is 0 Å². The maximum absolute atomic E-state index is 13.1. The number of ether oxygens (including phenoxy) is 2. The van der Waals surface area contributed by atoms with Gasteiger partial charge in [0, 0.05) is 12.2 Å². The van der Waals surface area contributed by atoms with Crippen molar-refractivity contribution in [2.24, 2.45) is 0 Å². The van der Waals surface area contributed by atoms with Crippen molar-refractivity contribution >= 4 is 27.5 Å². The Labute approximate surface area is 152 Å². The van der Waals surface area contributed by atoms with Crippen molar-refractivity contribution in [2.45, 2.75) is 17.7 Å². The second-order valence-electron chi connectivity index (χ2n) is 5.82. The number of sulfonamides is 1. The molecular formula is C18H20N2O5S. The minimum atomic E-state index is -3.72. The maximum atomic E-state index is 13.1. The molecule has 1 aliphatic rings. The average Bonchev–Trinajstić information content (AvgIpc) is 2.67. The van der Waals surface area contributed by atoms with Gasteiger partial charge in [-0.25, -0.2) is 13.2 Å². The minimum Gasteiger partial charge on any atom is -0.497 e. The molecule has 1 amide bonds. The number of benzene rings is 2. The number of carbonyl (C=O) groups is 1. The Morgan fingerprint density at radius 3 is 2.50 bits per heavy atom. The zero-order chi connectivity index (χ0) is 18.7. The van der Waals surface area contributed by atoms with Crippen LogP contribution < -0.4 is 14.4 Å². The number of hydrogen-bond donors (Lipinski definition) is 1.